The third-order valence-electron chi connectivity index (χ3n) is 2.16. The van der Waals surface area contributed by atoms with E-state index in [2.05, 4.69) is 20.7 Å². The van der Waals surface area contributed by atoms with E-state index in [1.807, 2.05) is 20.2 Å². The summed E-state index contributed by atoms with van der Waals surface area (Å²) in [5.74, 6) is 0.451. The number of amides is 1. The van der Waals surface area contributed by atoms with Gasteiger partial charge >= 0.3 is 0 Å². The topological polar surface area (TPSA) is 71.3 Å². The Labute approximate surface area is 87.4 Å². The fourth-order valence-electron chi connectivity index (χ4n) is 1.49. The fraction of sp³-hybridized carbons (Fsp3) is 0.444. The molecule has 80 valence electrons. The fourth-order valence-corrected chi connectivity index (χ4v) is 1.49. The van der Waals surface area contributed by atoms with Crippen molar-refractivity contribution in [3.63, 3.8) is 0 Å². The maximum atomic E-state index is 11.6. The standard InChI is InChI=1S/C9H13N5O/c1-3-10-9-12-7(8(15)13-9)6-4-11-14(2)5-6/h4-5,7H,3H2,1-2H3,(H2,10,12,13,15). The van der Waals surface area contributed by atoms with Gasteiger partial charge in [-0.15, -0.1) is 0 Å². The van der Waals surface area contributed by atoms with Gasteiger partial charge in [0.1, 0.15) is 6.04 Å². The van der Waals surface area contributed by atoms with Crippen LogP contribution in [-0.2, 0) is 11.8 Å². The van der Waals surface area contributed by atoms with Crippen LogP contribution < -0.4 is 10.6 Å². The van der Waals surface area contributed by atoms with Crippen LogP contribution in [0.4, 0.5) is 0 Å². The molecule has 1 aromatic heterocycles. The second-order valence-electron chi connectivity index (χ2n) is 3.34. The summed E-state index contributed by atoms with van der Waals surface area (Å²) in [5, 5.41) is 9.71. The van der Waals surface area contributed by atoms with E-state index in [9.17, 15) is 4.79 Å². The normalized spacial score (nSPS) is 22.9. The number of aliphatic imine (C=N–C) groups is 1. The first-order valence-electron chi connectivity index (χ1n) is 4.81. The molecule has 2 N–H and O–H groups in total. The van der Waals surface area contributed by atoms with Gasteiger partial charge in [0.05, 0.1) is 6.20 Å². The summed E-state index contributed by atoms with van der Waals surface area (Å²) in [6.07, 6.45) is 3.48. The van der Waals surface area contributed by atoms with Crippen LogP contribution in [0, 0.1) is 0 Å². The molecule has 2 heterocycles. The van der Waals surface area contributed by atoms with Crippen molar-refractivity contribution in [1.82, 2.24) is 20.4 Å². The van der Waals surface area contributed by atoms with Crippen LogP contribution in [0.5, 0.6) is 0 Å². The third kappa shape index (κ3) is 1.83. The highest BCUT2D eigenvalue weighted by atomic mass is 16.2. The highest BCUT2D eigenvalue weighted by molar-refractivity contribution is 6.06. The van der Waals surface area contributed by atoms with Crippen molar-refractivity contribution < 1.29 is 4.79 Å². The van der Waals surface area contributed by atoms with Crippen molar-refractivity contribution >= 4 is 11.9 Å². The first-order valence-corrected chi connectivity index (χ1v) is 4.81. The Morgan fingerprint density at radius 1 is 1.67 bits per heavy atom. The van der Waals surface area contributed by atoms with E-state index in [1.54, 1.807) is 10.9 Å². The smallest absolute Gasteiger partial charge is 0.254 e. The van der Waals surface area contributed by atoms with E-state index < -0.39 is 0 Å². The number of aromatic nitrogens is 2. The zero-order chi connectivity index (χ0) is 10.8. The third-order valence-corrected chi connectivity index (χ3v) is 2.16. The average Bonchev–Trinajstić information content (AvgIpc) is 2.73. The summed E-state index contributed by atoms with van der Waals surface area (Å²) < 4.78 is 1.67. The average molecular weight is 207 g/mol. The number of aryl methyl sites for hydroxylation is 1. The second kappa shape index (κ2) is 3.72. The second-order valence-corrected chi connectivity index (χ2v) is 3.34. The van der Waals surface area contributed by atoms with E-state index in [-0.39, 0.29) is 11.9 Å². The molecule has 0 bridgehead atoms. The SMILES string of the molecule is CCN=C1NC(=O)C(c2cnn(C)c2)N1. The minimum Gasteiger partial charge on any atom is -0.340 e. The van der Waals surface area contributed by atoms with Crippen LogP contribution >= 0.6 is 0 Å². The number of nitrogens with one attached hydrogen (secondary N) is 2. The molecule has 0 aromatic carbocycles. The highest BCUT2D eigenvalue weighted by Crippen LogP contribution is 2.14. The molecule has 1 aromatic rings. The lowest BCUT2D eigenvalue weighted by Crippen LogP contribution is -2.25. The summed E-state index contributed by atoms with van der Waals surface area (Å²) in [4.78, 5) is 15.7. The molecule has 1 aliphatic heterocycles. The number of rotatable bonds is 2. The Bertz CT molecular complexity index is 408. The Hall–Kier alpha value is -1.85. The largest absolute Gasteiger partial charge is 0.340 e. The summed E-state index contributed by atoms with van der Waals surface area (Å²) in [6.45, 7) is 2.56. The van der Waals surface area contributed by atoms with Gasteiger partial charge in [0.15, 0.2) is 5.96 Å². The van der Waals surface area contributed by atoms with Crippen LogP contribution in [0.1, 0.15) is 18.5 Å². The molecule has 0 radical (unpaired) electrons. The highest BCUT2D eigenvalue weighted by Gasteiger charge is 2.30. The first-order chi connectivity index (χ1) is 7.20. The molecule has 0 saturated carbocycles. The van der Waals surface area contributed by atoms with Gasteiger partial charge in [-0.25, -0.2) is 0 Å². The van der Waals surface area contributed by atoms with Crippen molar-refractivity contribution in [3.8, 4) is 0 Å². The van der Waals surface area contributed by atoms with Crippen LogP contribution in [0.2, 0.25) is 0 Å². The molecule has 1 saturated heterocycles. The quantitative estimate of drug-likeness (QED) is 0.690. The van der Waals surface area contributed by atoms with Crippen molar-refractivity contribution in [3.05, 3.63) is 18.0 Å². The van der Waals surface area contributed by atoms with E-state index in [0.29, 0.717) is 12.5 Å². The van der Waals surface area contributed by atoms with Crippen molar-refractivity contribution in [2.75, 3.05) is 6.54 Å². The Balaban J connectivity index is 2.18. The minimum atomic E-state index is -0.371. The van der Waals surface area contributed by atoms with Gasteiger partial charge in [-0.2, -0.15) is 5.10 Å². The predicted molar refractivity (Wildman–Crippen MR) is 55.2 cm³/mol. The molecule has 0 aliphatic carbocycles. The van der Waals surface area contributed by atoms with Gasteiger partial charge in [-0.05, 0) is 6.92 Å². The molecule has 1 atom stereocenters. The zero-order valence-corrected chi connectivity index (χ0v) is 8.69. The van der Waals surface area contributed by atoms with Crippen LogP contribution in [0.3, 0.4) is 0 Å². The molecule has 15 heavy (non-hydrogen) atoms. The zero-order valence-electron chi connectivity index (χ0n) is 8.69. The van der Waals surface area contributed by atoms with Gasteiger partial charge in [0.2, 0.25) is 0 Å². The molecule has 2 rings (SSSR count). The Morgan fingerprint density at radius 3 is 3.07 bits per heavy atom. The predicted octanol–water partition coefficient (Wildman–Crippen LogP) is -0.443. The van der Waals surface area contributed by atoms with Gasteiger partial charge in [-0.1, -0.05) is 0 Å². The number of carbonyl (C=O) groups is 1. The van der Waals surface area contributed by atoms with E-state index >= 15 is 0 Å². The van der Waals surface area contributed by atoms with Crippen molar-refractivity contribution in [2.24, 2.45) is 12.0 Å². The molecule has 1 unspecified atom stereocenters. The minimum absolute atomic E-state index is 0.0878. The maximum Gasteiger partial charge on any atom is 0.254 e. The van der Waals surface area contributed by atoms with Gasteiger partial charge < -0.3 is 5.32 Å². The molecular weight excluding hydrogens is 194 g/mol. The summed E-state index contributed by atoms with van der Waals surface area (Å²) >= 11 is 0. The number of hydrogen-bond acceptors (Lipinski definition) is 3. The van der Waals surface area contributed by atoms with Crippen molar-refractivity contribution in [2.45, 2.75) is 13.0 Å². The molecule has 1 aliphatic rings. The van der Waals surface area contributed by atoms with Gasteiger partial charge in [-0.3, -0.25) is 19.8 Å². The van der Waals surface area contributed by atoms with E-state index in [1.165, 1.54) is 0 Å². The molecule has 1 amide bonds. The first kappa shape index (κ1) is 9.70. The van der Waals surface area contributed by atoms with E-state index in [4.69, 9.17) is 0 Å². The monoisotopic (exact) mass is 207 g/mol. The molecule has 1 fully saturated rings. The van der Waals surface area contributed by atoms with E-state index in [0.717, 1.165) is 5.56 Å². The number of guanidine groups is 1. The Kier molecular flexibility index (Phi) is 2.40. The lowest BCUT2D eigenvalue weighted by molar-refractivity contribution is -0.120. The number of nitrogens with zero attached hydrogens (tertiary/aromatic N) is 3. The molecule has 6 heteroatoms. The molecule has 0 spiro atoms. The lowest BCUT2D eigenvalue weighted by atomic mass is 10.2. The molecule has 6 nitrogen and oxygen atoms in total. The number of carbonyl (C=O) groups excluding carboxylic acids is 1. The molecular formula is C9H13N5O. The maximum absolute atomic E-state index is 11.6. The summed E-state index contributed by atoms with van der Waals surface area (Å²) in [6, 6.07) is -0.371. The van der Waals surface area contributed by atoms with Crippen LogP contribution in [0.25, 0.3) is 0 Å². The summed E-state index contributed by atoms with van der Waals surface area (Å²) in [7, 11) is 1.82. The summed E-state index contributed by atoms with van der Waals surface area (Å²) in [5.41, 5.74) is 0.844. The van der Waals surface area contributed by atoms with Crippen LogP contribution in [-0.4, -0.2) is 28.2 Å². The van der Waals surface area contributed by atoms with Gasteiger partial charge in [0.25, 0.3) is 5.91 Å². The number of hydrogen-bond donors (Lipinski definition) is 2. The van der Waals surface area contributed by atoms with Crippen molar-refractivity contribution in [1.29, 1.82) is 0 Å². The Morgan fingerprint density at radius 2 is 2.47 bits per heavy atom. The lowest BCUT2D eigenvalue weighted by Gasteiger charge is -2.03. The van der Waals surface area contributed by atoms with Gasteiger partial charge in [0, 0.05) is 25.4 Å². The van der Waals surface area contributed by atoms with Crippen LogP contribution in [0.15, 0.2) is 17.4 Å².